The fraction of sp³-hybridized carbons (Fsp3) is 0.333. The Morgan fingerprint density at radius 2 is 2.00 bits per heavy atom. The smallest absolute Gasteiger partial charge is 0.297 e. The summed E-state index contributed by atoms with van der Waals surface area (Å²) in [5.41, 5.74) is 4.14. The van der Waals surface area contributed by atoms with Gasteiger partial charge in [-0.05, 0) is 31.9 Å². The Morgan fingerprint density at radius 3 is 2.78 bits per heavy atom. The van der Waals surface area contributed by atoms with Crippen LogP contribution < -0.4 is 10.9 Å². The van der Waals surface area contributed by atoms with Crippen molar-refractivity contribution in [2.45, 2.75) is 52.5 Å². The summed E-state index contributed by atoms with van der Waals surface area (Å²) in [5.74, 6) is -0.279. The van der Waals surface area contributed by atoms with E-state index in [0.29, 0.717) is 30.8 Å². The van der Waals surface area contributed by atoms with Crippen LogP contribution in [0.2, 0.25) is 0 Å². The number of nitrogens with one attached hydrogen (secondary N) is 1. The third-order valence-corrected chi connectivity index (χ3v) is 5.87. The summed E-state index contributed by atoms with van der Waals surface area (Å²) in [6.45, 7) is 6.69. The highest BCUT2D eigenvalue weighted by Crippen LogP contribution is 2.37. The van der Waals surface area contributed by atoms with Gasteiger partial charge in [0.25, 0.3) is 5.56 Å². The zero-order chi connectivity index (χ0) is 22.5. The Hall–Kier alpha value is -3.52. The SMILES string of the molecule is Cc1nc2oc3c(=O)n(CC(=O)NCc4ccccc4)cnc3c2c2c1COC(C)(C)C2. The van der Waals surface area contributed by atoms with Crippen LogP contribution in [0.3, 0.4) is 0 Å². The van der Waals surface area contributed by atoms with E-state index in [1.54, 1.807) is 0 Å². The number of furan rings is 1. The van der Waals surface area contributed by atoms with Crippen molar-refractivity contribution < 1.29 is 13.9 Å². The van der Waals surface area contributed by atoms with Gasteiger partial charge in [-0.25, -0.2) is 9.97 Å². The number of benzene rings is 1. The van der Waals surface area contributed by atoms with E-state index >= 15 is 0 Å². The highest BCUT2D eigenvalue weighted by Gasteiger charge is 2.31. The second-order valence-corrected chi connectivity index (χ2v) is 8.78. The lowest BCUT2D eigenvalue weighted by Gasteiger charge is -2.32. The summed E-state index contributed by atoms with van der Waals surface area (Å²) in [4.78, 5) is 34.5. The van der Waals surface area contributed by atoms with E-state index in [9.17, 15) is 9.59 Å². The lowest BCUT2D eigenvalue weighted by atomic mass is 9.89. The van der Waals surface area contributed by atoms with Gasteiger partial charge in [0.05, 0.1) is 23.9 Å². The average Bonchev–Trinajstić information content (AvgIpc) is 3.13. The molecule has 3 aromatic heterocycles. The maximum Gasteiger partial charge on any atom is 0.297 e. The van der Waals surface area contributed by atoms with Gasteiger partial charge in [-0.15, -0.1) is 0 Å². The van der Waals surface area contributed by atoms with E-state index in [-0.39, 0.29) is 23.6 Å². The molecule has 1 aliphatic rings. The van der Waals surface area contributed by atoms with Crippen LogP contribution >= 0.6 is 0 Å². The molecule has 32 heavy (non-hydrogen) atoms. The molecule has 0 radical (unpaired) electrons. The first-order chi connectivity index (χ1) is 15.3. The fourth-order valence-corrected chi connectivity index (χ4v) is 4.18. The normalized spacial score (nSPS) is 15.1. The lowest BCUT2D eigenvalue weighted by Crippen LogP contribution is -2.32. The zero-order valence-corrected chi connectivity index (χ0v) is 18.3. The van der Waals surface area contributed by atoms with E-state index < -0.39 is 5.56 Å². The summed E-state index contributed by atoms with van der Waals surface area (Å²) < 4.78 is 13.1. The quantitative estimate of drug-likeness (QED) is 0.532. The zero-order valence-electron chi connectivity index (χ0n) is 18.3. The molecule has 0 aliphatic carbocycles. The van der Waals surface area contributed by atoms with E-state index in [2.05, 4.69) is 15.3 Å². The molecule has 0 saturated heterocycles. The highest BCUT2D eigenvalue weighted by molar-refractivity contribution is 6.03. The van der Waals surface area contributed by atoms with Crippen LogP contribution in [0, 0.1) is 6.92 Å². The Kier molecular flexibility index (Phi) is 4.82. The number of carbonyl (C=O) groups excluding carboxylic acids is 1. The molecule has 0 unspecified atom stereocenters. The van der Waals surface area contributed by atoms with E-state index in [0.717, 1.165) is 27.8 Å². The first-order valence-corrected chi connectivity index (χ1v) is 10.6. The third-order valence-electron chi connectivity index (χ3n) is 5.87. The van der Waals surface area contributed by atoms with Gasteiger partial charge in [0.15, 0.2) is 0 Å². The van der Waals surface area contributed by atoms with Crippen LogP contribution in [0.15, 0.2) is 45.9 Å². The number of rotatable bonds is 4. The number of nitrogens with zero attached hydrogens (tertiary/aromatic N) is 3. The van der Waals surface area contributed by atoms with Crippen molar-refractivity contribution in [1.82, 2.24) is 19.9 Å². The van der Waals surface area contributed by atoms with Crippen molar-refractivity contribution in [3.63, 3.8) is 0 Å². The first-order valence-electron chi connectivity index (χ1n) is 10.6. The van der Waals surface area contributed by atoms with Crippen LogP contribution in [0.1, 0.15) is 36.2 Å². The molecule has 0 spiro atoms. The number of carbonyl (C=O) groups is 1. The number of aromatic nitrogens is 3. The minimum Gasteiger partial charge on any atom is -0.430 e. The van der Waals surface area contributed by atoms with Gasteiger partial charge < -0.3 is 14.5 Å². The van der Waals surface area contributed by atoms with Crippen molar-refractivity contribution in [2.75, 3.05) is 0 Å². The van der Waals surface area contributed by atoms with Gasteiger partial charge in [0.2, 0.25) is 17.2 Å². The van der Waals surface area contributed by atoms with Gasteiger partial charge in [-0.1, -0.05) is 30.3 Å². The molecule has 8 heteroatoms. The maximum absolute atomic E-state index is 13.1. The molecule has 4 aromatic rings. The van der Waals surface area contributed by atoms with Crippen LogP contribution in [0.25, 0.3) is 22.2 Å². The van der Waals surface area contributed by atoms with Crippen LogP contribution in [0.5, 0.6) is 0 Å². The molecule has 4 heterocycles. The summed E-state index contributed by atoms with van der Waals surface area (Å²) >= 11 is 0. The van der Waals surface area contributed by atoms with Crippen molar-refractivity contribution in [3.8, 4) is 0 Å². The average molecular weight is 432 g/mol. The molecule has 8 nitrogen and oxygen atoms in total. The minimum absolute atomic E-state index is 0.114. The number of amides is 1. The number of aryl methyl sites for hydroxylation is 1. The molecule has 1 amide bonds. The molecular formula is C24H24N4O4. The Balaban J connectivity index is 1.50. The highest BCUT2D eigenvalue weighted by atomic mass is 16.5. The van der Waals surface area contributed by atoms with Gasteiger partial charge in [-0.3, -0.25) is 14.2 Å². The second-order valence-electron chi connectivity index (χ2n) is 8.78. The van der Waals surface area contributed by atoms with Crippen LogP contribution in [0.4, 0.5) is 0 Å². The summed E-state index contributed by atoms with van der Waals surface area (Å²) in [5, 5.41) is 3.58. The molecule has 0 fully saturated rings. The van der Waals surface area contributed by atoms with E-state index in [4.69, 9.17) is 9.15 Å². The van der Waals surface area contributed by atoms with Gasteiger partial charge in [0.1, 0.15) is 12.1 Å². The minimum atomic E-state index is -0.402. The van der Waals surface area contributed by atoms with Crippen molar-refractivity contribution in [2.24, 2.45) is 0 Å². The largest absolute Gasteiger partial charge is 0.430 e. The van der Waals surface area contributed by atoms with Gasteiger partial charge in [0, 0.05) is 24.2 Å². The molecule has 1 aromatic carbocycles. The van der Waals surface area contributed by atoms with E-state index in [1.807, 2.05) is 51.1 Å². The number of ether oxygens (including phenoxy) is 1. The standard InChI is InChI=1S/C24H24N4O4/c1-14-17-12-31-24(2,3)9-16(17)19-20-21(32-22(19)27-14)23(30)28(13-26-20)11-18(29)25-10-15-7-5-4-6-8-15/h4-8,13H,9-12H2,1-3H3,(H,25,29). The summed E-state index contributed by atoms with van der Waals surface area (Å²) in [6, 6.07) is 9.59. The fourth-order valence-electron chi connectivity index (χ4n) is 4.18. The third kappa shape index (κ3) is 3.56. The number of hydrogen-bond donors (Lipinski definition) is 1. The molecule has 164 valence electrons. The number of hydrogen-bond acceptors (Lipinski definition) is 6. The predicted molar refractivity (Wildman–Crippen MR) is 119 cm³/mol. The molecule has 1 N–H and O–H groups in total. The molecule has 0 atom stereocenters. The lowest BCUT2D eigenvalue weighted by molar-refractivity contribution is -0.121. The monoisotopic (exact) mass is 432 g/mol. The second kappa shape index (κ2) is 7.56. The number of pyridine rings is 1. The van der Waals surface area contributed by atoms with Gasteiger partial charge in [-0.2, -0.15) is 0 Å². The Labute approximate surface area is 184 Å². The summed E-state index contributed by atoms with van der Waals surface area (Å²) in [6.07, 6.45) is 2.07. The summed E-state index contributed by atoms with van der Waals surface area (Å²) in [7, 11) is 0. The maximum atomic E-state index is 13.1. The predicted octanol–water partition coefficient (Wildman–Crippen LogP) is 3.01. The van der Waals surface area contributed by atoms with Crippen LogP contribution in [-0.2, 0) is 35.6 Å². The molecule has 5 rings (SSSR count). The van der Waals surface area contributed by atoms with Crippen molar-refractivity contribution in [1.29, 1.82) is 0 Å². The first kappa shape index (κ1) is 20.4. The number of fused-ring (bicyclic) bond motifs is 5. The van der Waals surface area contributed by atoms with Crippen LogP contribution in [-0.4, -0.2) is 26.0 Å². The Bertz CT molecular complexity index is 1400. The molecule has 0 bridgehead atoms. The van der Waals surface area contributed by atoms with Crippen molar-refractivity contribution in [3.05, 3.63) is 69.4 Å². The molecule has 0 saturated carbocycles. The van der Waals surface area contributed by atoms with Gasteiger partial charge >= 0.3 is 0 Å². The van der Waals surface area contributed by atoms with Crippen molar-refractivity contribution >= 4 is 28.1 Å². The topological polar surface area (TPSA) is 99.2 Å². The molecule has 1 aliphatic heterocycles. The molecular weight excluding hydrogens is 408 g/mol. The van der Waals surface area contributed by atoms with E-state index in [1.165, 1.54) is 10.9 Å². The Morgan fingerprint density at radius 1 is 1.22 bits per heavy atom.